The van der Waals surface area contributed by atoms with E-state index in [9.17, 15) is 0 Å². The summed E-state index contributed by atoms with van der Waals surface area (Å²) in [5, 5.41) is 4.64. The molecule has 1 saturated carbocycles. The third-order valence-corrected chi connectivity index (χ3v) is 5.42. The molecule has 1 fully saturated rings. The number of hydrogen-bond acceptors (Lipinski definition) is 1. The van der Waals surface area contributed by atoms with Crippen molar-refractivity contribution < 1.29 is 0 Å². The molecule has 3 atom stereocenters. The highest BCUT2D eigenvalue weighted by molar-refractivity contribution is 9.10. The number of halogens is 2. The fourth-order valence-electron chi connectivity index (χ4n) is 3.87. The Morgan fingerprint density at radius 2 is 1.90 bits per heavy atom. The molecule has 0 spiro atoms. The quantitative estimate of drug-likeness (QED) is 0.647. The number of benzene rings is 1. The Bertz CT molecular complexity index is 453. The normalized spacial score (nSPS) is 27.6. The maximum atomic E-state index is 6.53. The van der Waals surface area contributed by atoms with E-state index in [2.05, 4.69) is 54.2 Å². The zero-order chi connectivity index (χ0) is 15.4. The fraction of sp³-hybridized carbons (Fsp3) is 0.667. The van der Waals surface area contributed by atoms with Gasteiger partial charge >= 0.3 is 0 Å². The van der Waals surface area contributed by atoms with E-state index in [4.69, 9.17) is 11.6 Å². The average molecular weight is 373 g/mol. The van der Waals surface area contributed by atoms with Crippen LogP contribution in [0.25, 0.3) is 0 Å². The summed E-state index contributed by atoms with van der Waals surface area (Å²) in [4.78, 5) is 0. The molecule has 1 aliphatic carbocycles. The minimum atomic E-state index is 0.385. The zero-order valence-corrected chi connectivity index (χ0v) is 15.7. The van der Waals surface area contributed by atoms with Crippen LogP contribution < -0.4 is 5.32 Å². The van der Waals surface area contributed by atoms with Gasteiger partial charge in [0.2, 0.25) is 0 Å². The lowest BCUT2D eigenvalue weighted by Gasteiger charge is -2.37. The van der Waals surface area contributed by atoms with Crippen LogP contribution >= 0.6 is 27.5 Å². The van der Waals surface area contributed by atoms with Gasteiger partial charge in [0.1, 0.15) is 0 Å². The first-order chi connectivity index (χ1) is 10.0. The highest BCUT2D eigenvalue weighted by Gasteiger charge is 2.31. The first kappa shape index (κ1) is 17.3. The fourth-order valence-corrected chi connectivity index (χ4v) is 4.66. The summed E-state index contributed by atoms with van der Waals surface area (Å²) < 4.78 is 1.05. The van der Waals surface area contributed by atoms with Crippen LogP contribution in [0.2, 0.25) is 5.02 Å². The Morgan fingerprint density at radius 3 is 2.48 bits per heavy atom. The SMILES string of the molecule is CCCNC(c1ccc(Br)cc1Cl)C1CC(C)CC(C)C1. The van der Waals surface area contributed by atoms with Crippen molar-refractivity contribution in [1.29, 1.82) is 0 Å². The second-order valence-corrected chi connectivity index (χ2v) is 8.10. The van der Waals surface area contributed by atoms with Gasteiger partial charge in [0.25, 0.3) is 0 Å². The molecule has 0 aliphatic heterocycles. The molecule has 3 unspecified atom stereocenters. The van der Waals surface area contributed by atoms with Crippen molar-refractivity contribution in [3.8, 4) is 0 Å². The second kappa shape index (κ2) is 7.99. The smallest absolute Gasteiger partial charge is 0.0465 e. The van der Waals surface area contributed by atoms with Gasteiger partial charge < -0.3 is 5.32 Å². The van der Waals surface area contributed by atoms with E-state index in [1.54, 1.807) is 0 Å². The molecule has 21 heavy (non-hydrogen) atoms. The largest absolute Gasteiger partial charge is 0.310 e. The summed E-state index contributed by atoms with van der Waals surface area (Å²) >= 11 is 10.0. The highest BCUT2D eigenvalue weighted by Crippen LogP contribution is 2.41. The molecule has 0 aromatic heterocycles. The second-order valence-electron chi connectivity index (χ2n) is 6.78. The van der Waals surface area contributed by atoms with Crippen LogP contribution in [0.5, 0.6) is 0 Å². The Morgan fingerprint density at radius 1 is 1.24 bits per heavy atom. The van der Waals surface area contributed by atoms with E-state index in [0.717, 1.165) is 34.3 Å². The van der Waals surface area contributed by atoms with Gasteiger partial charge in [-0.2, -0.15) is 0 Å². The predicted octanol–water partition coefficient (Wildman–Crippen LogP) is 6.22. The van der Waals surface area contributed by atoms with Crippen LogP contribution in [0.15, 0.2) is 22.7 Å². The lowest BCUT2D eigenvalue weighted by atomic mass is 9.72. The van der Waals surface area contributed by atoms with E-state index in [-0.39, 0.29) is 0 Å². The topological polar surface area (TPSA) is 12.0 Å². The maximum Gasteiger partial charge on any atom is 0.0465 e. The molecule has 1 aromatic rings. The average Bonchev–Trinajstić information content (AvgIpc) is 2.40. The van der Waals surface area contributed by atoms with Crippen molar-refractivity contribution in [2.75, 3.05) is 6.54 Å². The Labute approximate surface area is 143 Å². The zero-order valence-electron chi connectivity index (χ0n) is 13.3. The molecule has 0 radical (unpaired) electrons. The van der Waals surface area contributed by atoms with E-state index in [1.165, 1.54) is 24.8 Å². The van der Waals surface area contributed by atoms with Gasteiger partial charge in [0.15, 0.2) is 0 Å². The van der Waals surface area contributed by atoms with Gasteiger partial charge in [-0.15, -0.1) is 0 Å². The Balaban J connectivity index is 2.24. The molecule has 1 N–H and O–H groups in total. The molecule has 2 rings (SSSR count). The van der Waals surface area contributed by atoms with Crippen LogP contribution in [-0.2, 0) is 0 Å². The molecule has 0 saturated heterocycles. The molecule has 1 nitrogen and oxygen atoms in total. The van der Waals surface area contributed by atoms with Crippen molar-refractivity contribution in [2.24, 2.45) is 17.8 Å². The molecule has 1 aliphatic rings. The van der Waals surface area contributed by atoms with Gasteiger partial charge in [0.05, 0.1) is 0 Å². The van der Waals surface area contributed by atoms with Crippen LogP contribution in [0.1, 0.15) is 58.1 Å². The summed E-state index contributed by atoms with van der Waals surface area (Å²) in [5.74, 6) is 2.33. The van der Waals surface area contributed by atoms with E-state index >= 15 is 0 Å². The molecule has 0 amide bonds. The lowest BCUT2D eigenvalue weighted by molar-refractivity contribution is 0.176. The lowest BCUT2D eigenvalue weighted by Crippen LogP contribution is -2.34. The van der Waals surface area contributed by atoms with Gasteiger partial charge in [-0.1, -0.05) is 54.4 Å². The third-order valence-electron chi connectivity index (χ3n) is 4.60. The van der Waals surface area contributed by atoms with Crippen LogP contribution in [0.4, 0.5) is 0 Å². The van der Waals surface area contributed by atoms with Crippen molar-refractivity contribution in [1.82, 2.24) is 5.32 Å². The predicted molar refractivity (Wildman–Crippen MR) is 95.9 cm³/mol. The highest BCUT2D eigenvalue weighted by atomic mass is 79.9. The first-order valence-corrected chi connectivity index (χ1v) is 9.36. The number of rotatable bonds is 5. The van der Waals surface area contributed by atoms with Gasteiger partial charge in [-0.3, -0.25) is 0 Å². The van der Waals surface area contributed by atoms with E-state index in [0.29, 0.717) is 12.0 Å². The van der Waals surface area contributed by atoms with Crippen LogP contribution in [-0.4, -0.2) is 6.54 Å². The van der Waals surface area contributed by atoms with Crippen molar-refractivity contribution >= 4 is 27.5 Å². The van der Waals surface area contributed by atoms with Gasteiger partial charge in [-0.05, 0) is 67.7 Å². The summed E-state index contributed by atoms with van der Waals surface area (Å²) in [6.07, 6.45) is 5.13. The van der Waals surface area contributed by atoms with Gasteiger partial charge in [-0.25, -0.2) is 0 Å². The molecular formula is C18H27BrClN. The van der Waals surface area contributed by atoms with Crippen molar-refractivity contribution in [2.45, 2.75) is 52.5 Å². The number of hydrogen-bond donors (Lipinski definition) is 1. The molecule has 3 heteroatoms. The molecule has 118 valence electrons. The van der Waals surface area contributed by atoms with E-state index < -0.39 is 0 Å². The summed E-state index contributed by atoms with van der Waals surface area (Å²) in [6, 6.07) is 6.70. The summed E-state index contributed by atoms with van der Waals surface area (Å²) in [5.41, 5.74) is 1.26. The Hall–Kier alpha value is -0.0500. The van der Waals surface area contributed by atoms with Crippen molar-refractivity contribution in [3.63, 3.8) is 0 Å². The minimum Gasteiger partial charge on any atom is -0.310 e. The molecule has 1 aromatic carbocycles. The molecular weight excluding hydrogens is 346 g/mol. The minimum absolute atomic E-state index is 0.385. The third kappa shape index (κ3) is 4.71. The van der Waals surface area contributed by atoms with Gasteiger partial charge in [0, 0.05) is 15.5 Å². The maximum absolute atomic E-state index is 6.53. The van der Waals surface area contributed by atoms with Crippen molar-refractivity contribution in [3.05, 3.63) is 33.3 Å². The van der Waals surface area contributed by atoms with Crippen LogP contribution in [0.3, 0.4) is 0 Å². The number of nitrogens with one attached hydrogen (secondary N) is 1. The monoisotopic (exact) mass is 371 g/mol. The summed E-state index contributed by atoms with van der Waals surface area (Å²) in [7, 11) is 0. The van der Waals surface area contributed by atoms with Crippen LogP contribution in [0, 0.1) is 17.8 Å². The standard InChI is InChI=1S/C18H27BrClN/c1-4-7-21-18(14-9-12(2)8-13(3)10-14)16-6-5-15(19)11-17(16)20/h5-6,11-14,18,21H,4,7-10H2,1-3H3. The first-order valence-electron chi connectivity index (χ1n) is 8.19. The Kier molecular flexibility index (Phi) is 6.58. The van der Waals surface area contributed by atoms with E-state index in [1.807, 2.05) is 6.07 Å². The molecule has 0 heterocycles. The molecule has 0 bridgehead atoms. The summed E-state index contributed by atoms with van der Waals surface area (Å²) in [6.45, 7) is 8.06.